The van der Waals surface area contributed by atoms with E-state index >= 15 is 0 Å². The second-order valence-corrected chi connectivity index (χ2v) is 4.48. The number of nitrogens with one attached hydrogen (secondary N) is 1. The van der Waals surface area contributed by atoms with Gasteiger partial charge in [0.05, 0.1) is 0 Å². The highest BCUT2D eigenvalue weighted by Crippen LogP contribution is 2.25. The highest BCUT2D eigenvalue weighted by atomic mass is 16.3. The molecule has 1 fully saturated rings. The van der Waals surface area contributed by atoms with Gasteiger partial charge in [0.25, 0.3) is 0 Å². The third-order valence-electron chi connectivity index (χ3n) is 3.19. The van der Waals surface area contributed by atoms with Crippen LogP contribution in [-0.4, -0.2) is 11.1 Å². The Morgan fingerprint density at radius 2 is 1.93 bits per heavy atom. The van der Waals surface area contributed by atoms with Gasteiger partial charge in [0.15, 0.2) is 0 Å². The molecule has 1 aromatic carbocycles. The molecule has 2 N–H and O–H groups in total. The van der Waals surface area contributed by atoms with Gasteiger partial charge in [0, 0.05) is 17.8 Å². The van der Waals surface area contributed by atoms with Crippen LogP contribution in [0.2, 0.25) is 0 Å². The summed E-state index contributed by atoms with van der Waals surface area (Å²) in [6, 6.07) is 6.43. The first-order valence-corrected chi connectivity index (χ1v) is 5.82. The lowest BCUT2D eigenvalue weighted by atomic mass is 9.95. The first-order valence-electron chi connectivity index (χ1n) is 5.82. The Kier molecular flexibility index (Phi) is 3.14. The minimum atomic E-state index is 0.385. The fourth-order valence-corrected chi connectivity index (χ4v) is 2.18. The Morgan fingerprint density at radius 3 is 2.60 bits per heavy atom. The molecular weight excluding hydrogens is 186 g/mol. The van der Waals surface area contributed by atoms with E-state index in [9.17, 15) is 5.11 Å². The van der Waals surface area contributed by atoms with E-state index in [0.717, 1.165) is 11.3 Å². The van der Waals surface area contributed by atoms with Gasteiger partial charge in [-0.25, -0.2) is 0 Å². The molecule has 0 aliphatic heterocycles. The predicted octanol–water partition coefficient (Wildman–Crippen LogP) is 3.45. The summed E-state index contributed by atoms with van der Waals surface area (Å²) in [5.41, 5.74) is 1.98. The van der Waals surface area contributed by atoms with Crippen LogP contribution in [0, 0.1) is 6.92 Å². The van der Waals surface area contributed by atoms with E-state index in [1.165, 1.54) is 32.1 Å². The van der Waals surface area contributed by atoms with Crippen molar-refractivity contribution in [3.8, 4) is 5.75 Å². The van der Waals surface area contributed by atoms with Crippen LogP contribution in [0.15, 0.2) is 18.2 Å². The van der Waals surface area contributed by atoms with Gasteiger partial charge in [-0.3, -0.25) is 0 Å². The van der Waals surface area contributed by atoms with Crippen LogP contribution in [-0.2, 0) is 0 Å². The van der Waals surface area contributed by atoms with Gasteiger partial charge in [-0.2, -0.15) is 0 Å². The van der Waals surface area contributed by atoms with Crippen molar-refractivity contribution >= 4 is 5.69 Å². The molecule has 82 valence electrons. The standard InChI is InChI=1S/C13H19NO/c1-10-7-8-12(9-13(10)15)14-11-5-3-2-4-6-11/h7-9,11,14-15H,2-6H2,1H3. The fourth-order valence-electron chi connectivity index (χ4n) is 2.18. The van der Waals surface area contributed by atoms with Crippen molar-refractivity contribution in [2.45, 2.75) is 45.1 Å². The summed E-state index contributed by atoms with van der Waals surface area (Å²) in [7, 11) is 0. The molecule has 0 atom stereocenters. The van der Waals surface area contributed by atoms with Crippen molar-refractivity contribution in [1.82, 2.24) is 0 Å². The summed E-state index contributed by atoms with van der Waals surface area (Å²) in [5, 5.41) is 13.1. The van der Waals surface area contributed by atoms with Crippen LogP contribution in [0.4, 0.5) is 5.69 Å². The Labute approximate surface area is 91.3 Å². The van der Waals surface area contributed by atoms with Crippen molar-refractivity contribution in [3.05, 3.63) is 23.8 Å². The van der Waals surface area contributed by atoms with Crippen molar-refractivity contribution in [1.29, 1.82) is 0 Å². The minimum Gasteiger partial charge on any atom is -0.508 e. The number of anilines is 1. The molecule has 0 heterocycles. The molecule has 2 nitrogen and oxygen atoms in total. The first kappa shape index (κ1) is 10.3. The van der Waals surface area contributed by atoms with Gasteiger partial charge in [0.1, 0.15) is 5.75 Å². The van der Waals surface area contributed by atoms with Crippen LogP contribution >= 0.6 is 0 Å². The Hall–Kier alpha value is -1.18. The van der Waals surface area contributed by atoms with Gasteiger partial charge in [-0.1, -0.05) is 25.3 Å². The van der Waals surface area contributed by atoms with Gasteiger partial charge in [-0.05, 0) is 31.4 Å². The predicted molar refractivity (Wildman–Crippen MR) is 63.3 cm³/mol. The maximum Gasteiger partial charge on any atom is 0.120 e. The highest BCUT2D eigenvalue weighted by Gasteiger charge is 2.12. The van der Waals surface area contributed by atoms with Gasteiger partial charge in [-0.15, -0.1) is 0 Å². The monoisotopic (exact) mass is 205 g/mol. The normalized spacial score (nSPS) is 17.7. The number of benzene rings is 1. The maximum absolute atomic E-state index is 9.59. The number of phenols is 1. The van der Waals surface area contributed by atoms with E-state index in [2.05, 4.69) is 5.32 Å². The Balaban J connectivity index is 2.00. The van der Waals surface area contributed by atoms with E-state index in [1.807, 2.05) is 25.1 Å². The molecule has 0 radical (unpaired) electrons. The summed E-state index contributed by atoms with van der Waals surface area (Å²) in [6.45, 7) is 1.92. The summed E-state index contributed by atoms with van der Waals surface area (Å²) in [4.78, 5) is 0. The highest BCUT2D eigenvalue weighted by molar-refractivity contribution is 5.51. The van der Waals surface area contributed by atoms with Crippen molar-refractivity contribution < 1.29 is 5.11 Å². The van der Waals surface area contributed by atoms with E-state index in [0.29, 0.717) is 11.8 Å². The number of aromatic hydroxyl groups is 1. The SMILES string of the molecule is Cc1ccc(NC2CCCCC2)cc1O. The lowest BCUT2D eigenvalue weighted by molar-refractivity contribution is 0.460. The fraction of sp³-hybridized carbons (Fsp3) is 0.538. The van der Waals surface area contributed by atoms with Crippen LogP contribution in [0.25, 0.3) is 0 Å². The molecule has 1 aliphatic rings. The minimum absolute atomic E-state index is 0.385. The van der Waals surface area contributed by atoms with E-state index in [4.69, 9.17) is 0 Å². The number of hydrogen-bond donors (Lipinski definition) is 2. The Bertz CT molecular complexity index is 329. The van der Waals surface area contributed by atoms with E-state index in [-0.39, 0.29) is 0 Å². The third kappa shape index (κ3) is 2.65. The summed E-state index contributed by atoms with van der Waals surface area (Å²) in [5.74, 6) is 0.385. The number of hydrogen-bond acceptors (Lipinski definition) is 2. The lowest BCUT2D eigenvalue weighted by Crippen LogP contribution is -2.22. The molecule has 1 aromatic rings. The molecule has 0 saturated heterocycles. The molecule has 2 rings (SSSR count). The summed E-state index contributed by atoms with van der Waals surface area (Å²) < 4.78 is 0. The maximum atomic E-state index is 9.59. The smallest absolute Gasteiger partial charge is 0.120 e. The molecule has 0 amide bonds. The first-order chi connectivity index (χ1) is 7.25. The zero-order valence-corrected chi connectivity index (χ0v) is 9.29. The number of rotatable bonds is 2. The second kappa shape index (κ2) is 4.56. The zero-order chi connectivity index (χ0) is 10.7. The Morgan fingerprint density at radius 1 is 1.20 bits per heavy atom. The van der Waals surface area contributed by atoms with Crippen LogP contribution in [0.1, 0.15) is 37.7 Å². The van der Waals surface area contributed by atoms with Crippen LogP contribution in [0.5, 0.6) is 5.75 Å². The zero-order valence-electron chi connectivity index (χ0n) is 9.29. The molecule has 0 unspecified atom stereocenters. The molecule has 2 heteroatoms. The largest absolute Gasteiger partial charge is 0.508 e. The van der Waals surface area contributed by atoms with Crippen molar-refractivity contribution in [3.63, 3.8) is 0 Å². The molecule has 1 aliphatic carbocycles. The third-order valence-corrected chi connectivity index (χ3v) is 3.19. The quantitative estimate of drug-likeness (QED) is 0.775. The molecule has 0 bridgehead atoms. The van der Waals surface area contributed by atoms with Gasteiger partial charge >= 0.3 is 0 Å². The van der Waals surface area contributed by atoms with Crippen LogP contribution < -0.4 is 5.32 Å². The number of aryl methyl sites for hydroxylation is 1. The molecule has 0 aromatic heterocycles. The topological polar surface area (TPSA) is 32.3 Å². The number of phenolic OH excluding ortho intramolecular Hbond substituents is 1. The van der Waals surface area contributed by atoms with E-state index in [1.54, 1.807) is 0 Å². The molecule has 0 spiro atoms. The van der Waals surface area contributed by atoms with Gasteiger partial charge < -0.3 is 10.4 Å². The molecule has 1 saturated carbocycles. The lowest BCUT2D eigenvalue weighted by Gasteiger charge is -2.24. The average Bonchev–Trinajstić information content (AvgIpc) is 2.25. The summed E-state index contributed by atoms with van der Waals surface area (Å²) >= 11 is 0. The van der Waals surface area contributed by atoms with Gasteiger partial charge in [0.2, 0.25) is 0 Å². The molecule has 15 heavy (non-hydrogen) atoms. The summed E-state index contributed by atoms with van der Waals surface area (Å²) in [6.07, 6.45) is 6.55. The molecular formula is C13H19NO. The second-order valence-electron chi connectivity index (χ2n) is 4.48. The van der Waals surface area contributed by atoms with Crippen molar-refractivity contribution in [2.75, 3.05) is 5.32 Å². The van der Waals surface area contributed by atoms with Crippen molar-refractivity contribution in [2.24, 2.45) is 0 Å². The van der Waals surface area contributed by atoms with E-state index < -0.39 is 0 Å². The van der Waals surface area contributed by atoms with Crippen LogP contribution in [0.3, 0.4) is 0 Å². The average molecular weight is 205 g/mol.